The predicted molar refractivity (Wildman–Crippen MR) is 412 cm³/mol. The second-order valence-electron chi connectivity index (χ2n) is 26.3. The van der Waals surface area contributed by atoms with Gasteiger partial charge in [0.2, 0.25) is 0 Å². The Morgan fingerprint density at radius 2 is 0.750 bits per heavy atom. The molecule has 0 aliphatic heterocycles. The topological polar surface area (TPSA) is 129 Å². The lowest BCUT2D eigenvalue weighted by Crippen LogP contribution is -2.03. The molecule has 0 spiro atoms. The number of fused-ring (bicyclic) bond motifs is 4. The SMILES string of the molecule is CCCCC(CC)Cc1ccc(-c2c3cc(-c4sc(/C=C5\C(=O)c6ccccc6C5=C(C#N)C#N)cc4CC(CC)CCCC)sc3c(-c3ccc(CC(CC)CCCC)s3)c3cc(-c4sc(/C=C5\C(=O)c6ccccc6C5=C(C#N)C#N)cc4CC(CC)CCCC)sc23)s1. The van der Waals surface area contributed by atoms with E-state index in [1.807, 2.05) is 93.9 Å². The minimum Gasteiger partial charge on any atom is -0.289 e. The summed E-state index contributed by atoms with van der Waals surface area (Å²) in [5, 5.41) is 43.9. The molecule has 0 fully saturated rings. The fraction of sp³-hybridized carbons (Fsp3) is 0.381. The predicted octanol–water partition coefficient (Wildman–Crippen LogP) is 26.2. The number of nitriles is 4. The molecule has 6 heterocycles. The summed E-state index contributed by atoms with van der Waals surface area (Å²) in [6, 6.07) is 42.5. The maximum absolute atomic E-state index is 14.5. The van der Waals surface area contributed by atoms with Crippen LogP contribution in [0.3, 0.4) is 0 Å². The number of carbonyl (C=O) groups excluding carboxylic acids is 2. The number of carbonyl (C=O) groups is 2. The van der Waals surface area contributed by atoms with E-state index in [4.69, 9.17) is 0 Å². The second-order valence-corrected chi connectivity index (χ2v) is 32.9. The average Bonchev–Trinajstić information content (AvgIpc) is 1.40. The Morgan fingerprint density at radius 3 is 1.08 bits per heavy atom. The normalized spacial score (nSPS) is 14.9. The molecule has 3 aromatic carbocycles. The van der Waals surface area contributed by atoms with Crippen molar-refractivity contribution in [1.29, 1.82) is 21.0 Å². The Kier molecular flexibility index (Phi) is 23.6. The quantitative estimate of drug-likeness (QED) is 0.0326. The van der Waals surface area contributed by atoms with Crippen molar-refractivity contribution in [2.75, 3.05) is 0 Å². The Labute approximate surface area is 593 Å². The van der Waals surface area contributed by atoms with Crippen molar-refractivity contribution in [3.63, 3.8) is 0 Å². The molecule has 0 radical (unpaired) electrons. The Morgan fingerprint density at radius 1 is 0.406 bits per heavy atom. The highest BCUT2D eigenvalue weighted by atomic mass is 32.1. The molecule has 6 nitrogen and oxygen atoms in total. The van der Waals surface area contributed by atoms with Crippen LogP contribution in [0.25, 0.3) is 83.9 Å². The molecule has 4 unspecified atom stereocenters. The highest BCUT2D eigenvalue weighted by Crippen LogP contribution is 2.57. The maximum atomic E-state index is 14.5. The van der Waals surface area contributed by atoms with Crippen molar-refractivity contribution in [2.45, 2.75) is 184 Å². The number of Topliss-reactive ketones (excluding diaryl/α,β-unsaturated/α-hetero) is 2. The van der Waals surface area contributed by atoms with Gasteiger partial charge in [-0.15, -0.1) is 68.0 Å². The minimum absolute atomic E-state index is 0.0593. The van der Waals surface area contributed by atoms with Gasteiger partial charge in [-0.05, 0) is 132 Å². The van der Waals surface area contributed by atoms with Gasteiger partial charge in [0.1, 0.15) is 35.4 Å². The largest absolute Gasteiger partial charge is 0.289 e. The van der Waals surface area contributed by atoms with Gasteiger partial charge in [-0.25, -0.2) is 0 Å². The van der Waals surface area contributed by atoms with Crippen molar-refractivity contribution in [3.05, 3.63) is 172 Å². The van der Waals surface area contributed by atoms with Crippen LogP contribution in [-0.2, 0) is 25.7 Å². The third-order valence-corrected chi connectivity index (χ3v) is 27.1. The number of allylic oxidation sites excluding steroid dienone is 6. The highest BCUT2D eigenvalue weighted by Gasteiger charge is 2.35. The van der Waals surface area contributed by atoms with E-state index in [1.165, 1.54) is 120 Å². The lowest BCUT2D eigenvalue weighted by molar-refractivity contribution is 0.103. The molecule has 0 saturated carbocycles. The van der Waals surface area contributed by atoms with Crippen LogP contribution in [0, 0.1) is 69.0 Å². The third kappa shape index (κ3) is 14.6. The van der Waals surface area contributed by atoms with E-state index in [0.29, 0.717) is 68.2 Å². The molecule has 11 rings (SSSR count). The van der Waals surface area contributed by atoms with Gasteiger partial charge < -0.3 is 0 Å². The van der Waals surface area contributed by atoms with E-state index < -0.39 is 0 Å². The highest BCUT2D eigenvalue weighted by molar-refractivity contribution is 7.29. The lowest BCUT2D eigenvalue weighted by atomic mass is 9.91. The zero-order valence-corrected chi connectivity index (χ0v) is 61.8. The van der Waals surface area contributed by atoms with Crippen LogP contribution in [0.2, 0.25) is 0 Å². The van der Waals surface area contributed by atoms with Crippen molar-refractivity contribution in [2.24, 2.45) is 23.7 Å². The van der Waals surface area contributed by atoms with E-state index >= 15 is 0 Å². The molecule has 96 heavy (non-hydrogen) atoms. The standard InChI is InChI=1S/C84H86N4O2S6/c1-9-17-25-51(13-5)37-55-41-61(43-67-75(57(47-85)48-86)63-29-21-23-31-65(63)79(67)89)93-81(55)73-45-69-77(71-35-33-59(91-71)39-53(15-7)27-19-11-3)84-70(78(83(69)95-73)72-36-34-60(92-72)40-54(16-8)28-20-12-4)46-74(96-84)82-56(38-52(14-6)26-18-10-2)42-62(94-82)44-68-76(58(49-87)50-88)64-30-22-24-32-66(64)80(68)90/h21-24,29-36,41-46,51-54H,9-20,25-28,37-40H2,1-8H3/b67-43-,68-44-. The first-order chi connectivity index (χ1) is 46.9. The molecule has 2 aliphatic carbocycles. The molecular weight excluding hydrogens is 1290 g/mol. The molecule has 12 heteroatoms. The van der Waals surface area contributed by atoms with Gasteiger partial charge in [0.15, 0.2) is 11.6 Å². The molecule has 9 aromatic rings. The third-order valence-electron chi connectivity index (χ3n) is 20.0. The number of benzene rings is 3. The number of nitrogens with zero attached hydrogens (tertiary/aromatic N) is 4. The van der Waals surface area contributed by atoms with Crippen LogP contribution in [0.4, 0.5) is 0 Å². The van der Waals surface area contributed by atoms with Gasteiger partial charge in [-0.1, -0.05) is 207 Å². The van der Waals surface area contributed by atoms with Crippen molar-refractivity contribution in [3.8, 4) is 64.7 Å². The molecule has 0 N–H and O–H groups in total. The number of rotatable bonds is 30. The van der Waals surface area contributed by atoms with Gasteiger partial charge >= 0.3 is 0 Å². The maximum Gasteiger partial charge on any atom is 0.194 e. The van der Waals surface area contributed by atoms with E-state index in [-0.39, 0.29) is 22.7 Å². The smallest absolute Gasteiger partial charge is 0.194 e. The number of ketones is 2. The van der Waals surface area contributed by atoms with Crippen LogP contribution >= 0.6 is 68.0 Å². The summed E-state index contributed by atoms with van der Waals surface area (Å²) in [6.07, 6.45) is 26.2. The zero-order valence-electron chi connectivity index (χ0n) is 56.9. The van der Waals surface area contributed by atoms with Gasteiger partial charge in [-0.3, -0.25) is 9.59 Å². The van der Waals surface area contributed by atoms with Gasteiger partial charge in [0.25, 0.3) is 0 Å². The van der Waals surface area contributed by atoms with E-state index in [1.54, 1.807) is 34.8 Å². The molecule has 0 bridgehead atoms. The second kappa shape index (κ2) is 32.3. The molecule has 0 saturated heterocycles. The summed E-state index contributed by atoms with van der Waals surface area (Å²) < 4.78 is 2.52. The fourth-order valence-corrected chi connectivity index (χ4v) is 22.0. The van der Waals surface area contributed by atoms with E-state index in [2.05, 4.69) is 128 Å². The lowest BCUT2D eigenvalue weighted by Gasteiger charge is -2.14. The van der Waals surface area contributed by atoms with Crippen molar-refractivity contribution < 1.29 is 9.59 Å². The minimum atomic E-state index is -0.169. The molecule has 6 aromatic heterocycles. The van der Waals surface area contributed by atoms with Crippen LogP contribution in [0.5, 0.6) is 0 Å². The molecule has 4 atom stereocenters. The summed E-state index contributed by atoms with van der Waals surface area (Å²) >= 11 is 11.1. The Bertz CT molecular complexity index is 4300. The van der Waals surface area contributed by atoms with Crippen LogP contribution < -0.4 is 0 Å². The Hall–Kier alpha value is -7.36. The monoisotopic (exact) mass is 1370 g/mol. The van der Waals surface area contributed by atoms with E-state index in [0.717, 1.165) is 99.6 Å². The van der Waals surface area contributed by atoms with E-state index in [9.17, 15) is 30.6 Å². The zero-order chi connectivity index (χ0) is 67.6. The van der Waals surface area contributed by atoms with Crippen LogP contribution in [-0.4, -0.2) is 11.6 Å². The Balaban J connectivity index is 1.18. The van der Waals surface area contributed by atoms with Crippen LogP contribution in [0.1, 0.15) is 221 Å². The molecule has 2 aliphatic rings. The summed E-state index contributed by atoms with van der Waals surface area (Å²) in [5.74, 6) is 1.80. The first-order valence-electron chi connectivity index (χ1n) is 35.2. The van der Waals surface area contributed by atoms with Crippen molar-refractivity contribution >= 4 is 123 Å². The summed E-state index contributed by atoms with van der Waals surface area (Å²) in [6.45, 7) is 18.4. The number of thiophene rings is 6. The summed E-state index contributed by atoms with van der Waals surface area (Å²) in [4.78, 5) is 41.0. The molecule has 0 amide bonds. The van der Waals surface area contributed by atoms with Gasteiger partial charge in [0.05, 0.1) is 0 Å². The number of unbranched alkanes of at least 4 members (excludes halogenated alkanes) is 4. The first kappa shape index (κ1) is 70.0. The number of hydrogen-bond donors (Lipinski definition) is 0. The van der Waals surface area contributed by atoms with Gasteiger partial charge in [0, 0.05) is 113 Å². The fourth-order valence-electron chi connectivity index (χ4n) is 14.4. The first-order valence-corrected chi connectivity index (χ1v) is 40.1. The number of hydrogen-bond acceptors (Lipinski definition) is 12. The van der Waals surface area contributed by atoms with Crippen molar-refractivity contribution in [1.82, 2.24) is 0 Å². The average molecular weight is 1380 g/mol. The summed E-state index contributed by atoms with van der Waals surface area (Å²) in [7, 11) is 0. The summed E-state index contributed by atoms with van der Waals surface area (Å²) in [5.41, 5.74) is 8.82. The van der Waals surface area contributed by atoms with Crippen LogP contribution in [0.15, 0.2) is 119 Å². The molecular formula is C84H86N4O2S6. The molecule has 490 valence electrons. The van der Waals surface area contributed by atoms with Gasteiger partial charge in [-0.2, -0.15) is 21.0 Å².